The summed E-state index contributed by atoms with van der Waals surface area (Å²) in [6, 6.07) is 4.33. The minimum atomic E-state index is -0.0635. The van der Waals surface area contributed by atoms with E-state index in [1.165, 1.54) is 0 Å². The molecule has 3 heterocycles. The highest BCUT2D eigenvalue weighted by molar-refractivity contribution is 5.77. The van der Waals surface area contributed by atoms with Gasteiger partial charge in [0.25, 0.3) is 0 Å². The summed E-state index contributed by atoms with van der Waals surface area (Å²) < 4.78 is 16.5. The molecule has 0 N–H and O–H groups in total. The highest BCUT2D eigenvalue weighted by Gasteiger charge is 2.44. The van der Waals surface area contributed by atoms with E-state index in [4.69, 9.17) is 13.9 Å². The first-order chi connectivity index (χ1) is 11.1. The smallest absolute Gasteiger partial charge is 0.248 e. The van der Waals surface area contributed by atoms with Gasteiger partial charge in [0.05, 0.1) is 25.0 Å². The summed E-state index contributed by atoms with van der Waals surface area (Å²) in [4.78, 5) is 16.1. The number of nitrogens with zero attached hydrogens (tertiary/aromatic N) is 2. The Kier molecular flexibility index (Phi) is 5.04. The number of likely N-dealkylation sites (tertiary alicyclic amines) is 1. The van der Waals surface area contributed by atoms with E-state index in [1.54, 1.807) is 13.4 Å². The van der Waals surface area contributed by atoms with E-state index in [1.807, 2.05) is 17.0 Å². The van der Waals surface area contributed by atoms with Gasteiger partial charge in [-0.3, -0.25) is 9.69 Å². The quantitative estimate of drug-likeness (QED) is 0.822. The minimum Gasteiger partial charge on any atom is -0.468 e. The van der Waals surface area contributed by atoms with Gasteiger partial charge in [-0.1, -0.05) is 0 Å². The molecule has 2 saturated heterocycles. The molecular weight excluding hydrogens is 296 g/mol. The Morgan fingerprint density at radius 1 is 1.48 bits per heavy atom. The highest BCUT2D eigenvalue weighted by Crippen LogP contribution is 2.37. The zero-order valence-corrected chi connectivity index (χ0v) is 14.0. The molecule has 2 aliphatic heterocycles. The Bertz CT molecular complexity index is 509. The van der Waals surface area contributed by atoms with Crippen molar-refractivity contribution in [2.24, 2.45) is 0 Å². The Labute approximate surface area is 137 Å². The van der Waals surface area contributed by atoms with Crippen LogP contribution in [0.4, 0.5) is 0 Å². The number of furan rings is 1. The van der Waals surface area contributed by atoms with Gasteiger partial charge in [0.2, 0.25) is 5.91 Å². The molecule has 1 aromatic heterocycles. The Morgan fingerprint density at radius 3 is 2.91 bits per heavy atom. The lowest BCUT2D eigenvalue weighted by Gasteiger charge is -2.38. The van der Waals surface area contributed by atoms with Crippen LogP contribution in [-0.2, 0) is 20.8 Å². The van der Waals surface area contributed by atoms with Crippen molar-refractivity contribution in [3.8, 4) is 0 Å². The zero-order valence-electron chi connectivity index (χ0n) is 14.0. The van der Waals surface area contributed by atoms with Crippen LogP contribution in [0.15, 0.2) is 22.8 Å². The fourth-order valence-electron chi connectivity index (χ4n) is 3.61. The van der Waals surface area contributed by atoms with Crippen LogP contribution in [0.1, 0.15) is 25.0 Å². The molecule has 2 fully saturated rings. The zero-order chi connectivity index (χ0) is 16.3. The third kappa shape index (κ3) is 3.76. The monoisotopic (exact) mass is 322 g/mol. The van der Waals surface area contributed by atoms with Crippen LogP contribution in [0.2, 0.25) is 0 Å². The lowest BCUT2D eigenvalue weighted by Crippen LogP contribution is -2.47. The van der Waals surface area contributed by atoms with E-state index in [9.17, 15) is 4.79 Å². The average molecular weight is 322 g/mol. The summed E-state index contributed by atoms with van der Waals surface area (Å²) in [5.74, 6) is 1.06. The minimum absolute atomic E-state index is 0.0635. The van der Waals surface area contributed by atoms with Crippen LogP contribution in [0.5, 0.6) is 0 Å². The lowest BCUT2D eigenvalue weighted by molar-refractivity contribution is -0.139. The molecule has 6 heteroatoms. The topological polar surface area (TPSA) is 55.2 Å². The van der Waals surface area contributed by atoms with Crippen molar-refractivity contribution >= 4 is 5.91 Å². The number of methoxy groups -OCH3 is 1. The van der Waals surface area contributed by atoms with Crippen molar-refractivity contribution in [2.75, 3.05) is 40.5 Å². The first kappa shape index (κ1) is 16.5. The SMILES string of the molecule is COCC(=O)N1CCC2(CC1)C[C@H](N(C)Cc1ccco1)CO2. The summed E-state index contributed by atoms with van der Waals surface area (Å²) in [6.07, 6.45) is 4.56. The second-order valence-electron chi connectivity index (χ2n) is 6.66. The van der Waals surface area contributed by atoms with Gasteiger partial charge in [-0.25, -0.2) is 0 Å². The molecule has 3 rings (SSSR count). The summed E-state index contributed by atoms with van der Waals surface area (Å²) in [7, 11) is 3.68. The molecule has 0 radical (unpaired) electrons. The number of piperidine rings is 1. The molecule has 2 aliphatic rings. The van der Waals surface area contributed by atoms with Crippen molar-refractivity contribution in [2.45, 2.75) is 37.5 Å². The molecular formula is C17H26N2O4. The van der Waals surface area contributed by atoms with Gasteiger partial charge in [-0.2, -0.15) is 0 Å². The van der Waals surface area contributed by atoms with E-state index < -0.39 is 0 Å². The van der Waals surface area contributed by atoms with Gasteiger partial charge in [0.1, 0.15) is 12.4 Å². The molecule has 1 amide bonds. The molecule has 0 saturated carbocycles. The van der Waals surface area contributed by atoms with Gasteiger partial charge in [0, 0.05) is 26.2 Å². The molecule has 1 aromatic rings. The Morgan fingerprint density at radius 2 is 2.26 bits per heavy atom. The molecule has 0 bridgehead atoms. The van der Waals surface area contributed by atoms with E-state index in [-0.39, 0.29) is 18.1 Å². The maximum Gasteiger partial charge on any atom is 0.248 e. The maximum atomic E-state index is 11.9. The predicted octanol–water partition coefficient (Wildman–Crippen LogP) is 1.51. The molecule has 0 aromatic carbocycles. The largest absolute Gasteiger partial charge is 0.468 e. The van der Waals surface area contributed by atoms with Crippen LogP contribution in [0, 0.1) is 0 Å². The fourth-order valence-corrected chi connectivity index (χ4v) is 3.61. The summed E-state index contributed by atoms with van der Waals surface area (Å²) in [5.41, 5.74) is -0.0635. The number of hydrogen-bond acceptors (Lipinski definition) is 5. The summed E-state index contributed by atoms with van der Waals surface area (Å²) >= 11 is 0. The second-order valence-corrected chi connectivity index (χ2v) is 6.66. The van der Waals surface area contributed by atoms with E-state index in [2.05, 4.69) is 11.9 Å². The number of hydrogen-bond donors (Lipinski definition) is 0. The summed E-state index contributed by atoms with van der Waals surface area (Å²) in [5, 5.41) is 0. The molecule has 128 valence electrons. The van der Waals surface area contributed by atoms with Crippen LogP contribution >= 0.6 is 0 Å². The number of carbonyl (C=O) groups is 1. The van der Waals surface area contributed by atoms with Crippen molar-refractivity contribution < 1.29 is 18.7 Å². The van der Waals surface area contributed by atoms with Crippen molar-refractivity contribution in [3.05, 3.63) is 24.2 Å². The van der Waals surface area contributed by atoms with E-state index >= 15 is 0 Å². The fraction of sp³-hybridized carbons (Fsp3) is 0.706. The Balaban J connectivity index is 1.50. The molecule has 1 atom stereocenters. The normalized spacial score (nSPS) is 23.8. The first-order valence-electron chi connectivity index (χ1n) is 8.25. The number of rotatable bonds is 5. The van der Waals surface area contributed by atoms with Crippen molar-refractivity contribution in [1.29, 1.82) is 0 Å². The van der Waals surface area contributed by atoms with Gasteiger partial charge in [-0.05, 0) is 38.4 Å². The van der Waals surface area contributed by atoms with Gasteiger partial charge >= 0.3 is 0 Å². The Hall–Kier alpha value is -1.37. The van der Waals surface area contributed by atoms with E-state index in [0.29, 0.717) is 6.04 Å². The molecule has 0 unspecified atom stereocenters. The predicted molar refractivity (Wildman–Crippen MR) is 85.0 cm³/mol. The van der Waals surface area contributed by atoms with Gasteiger partial charge in [-0.15, -0.1) is 0 Å². The van der Waals surface area contributed by atoms with Crippen LogP contribution in [0.3, 0.4) is 0 Å². The summed E-state index contributed by atoms with van der Waals surface area (Å²) in [6.45, 7) is 3.24. The third-order valence-corrected chi connectivity index (χ3v) is 5.09. The first-order valence-corrected chi connectivity index (χ1v) is 8.25. The highest BCUT2D eigenvalue weighted by atomic mass is 16.5. The van der Waals surface area contributed by atoms with E-state index in [0.717, 1.165) is 51.3 Å². The lowest BCUT2D eigenvalue weighted by atomic mass is 9.87. The van der Waals surface area contributed by atoms with Crippen molar-refractivity contribution in [3.63, 3.8) is 0 Å². The number of carbonyl (C=O) groups excluding carboxylic acids is 1. The number of amides is 1. The van der Waals surface area contributed by atoms with Gasteiger partial charge < -0.3 is 18.8 Å². The molecule has 6 nitrogen and oxygen atoms in total. The second kappa shape index (κ2) is 7.03. The number of ether oxygens (including phenoxy) is 2. The molecule has 0 aliphatic carbocycles. The van der Waals surface area contributed by atoms with Crippen molar-refractivity contribution in [1.82, 2.24) is 9.80 Å². The van der Waals surface area contributed by atoms with Crippen LogP contribution in [-0.4, -0.2) is 67.8 Å². The molecule has 23 heavy (non-hydrogen) atoms. The average Bonchev–Trinajstić information content (AvgIpc) is 3.19. The third-order valence-electron chi connectivity index (χ3n) is 5.09. The van der Waals surface area contributed by atoms with Crippen LogP contribution < -0.4 is 0 Å². The standard InChI is InChI=1S/C17H26N2O4/c1-18(11-15-4-3-9-22-15)14-10-17(23-12-14)5-7-19(8-6-17)16(20)13-21-2/h3-4,9,14H,5-8,10-13H2,1-2H3/t14-/m0/s1. The van der Waals surface area contributed by atoms with Gasteiger partial charge in [0.15, 0.2) is 0 Å². The molecule has 1 spiro atoms. The van der Waals surface area contributed by atoms with Crippen LogP contribution in [0.25, 0.3) is 0 Å². The number of likely N-dealkylation sites (N-methyl/N-ethyl adjacent to an activating group) is 1. The maximum absolute atomic E-state index is 11.9.